The van der Waals surface area contributed by atoms with Gasteiger partial charge in [0.15, 0.2) is 0 Å². The molecule has 32 heavy (non-hydrogen) atoms. The highest BCUT2D eigenvalue weighted by Gasteiger charge is 2.30. The Bertz CT molecular complexity index is 1360. The van der Waals surface area contributed by atoms with E-state index in [0.29, 0.717) is 45.3 Å². The number of aromatic nitrogens is 3. The number of benzene rings is 2. The number of hydrogen-bond donors (Lipinski definition) is 3. The first-order valence-corrected chi connectivity index (χ1v) is 10.4. The topological polar surface area (TPSA) is 82.7 Å². The molecule has 8 heteroatoms. The molecule has 1 atom stereocenters. The van der Waals surface area contributed by atoms with E-state index >= 15 is 8.78 Å². The molecule has 4 aromatic rings. The lowest BCUT2D eigenvalue weighted by Crippen LogP contribution is -2.18. The minimum Gasteiger partial charge on any atom is -0.355 e. The van der Waals surface area contributed by atoms with Crippen LogP contribution in [0.5, 0.6) is 0 Å². The molecule has 0 bridgehead atoms. The molecule has 2 heterocycles. The van der Waals surface area contributed by atoms with Crippen molar-refractivity contribution in [2.75, 3.05) is 14.1 Å². The third-order valence-electron chi connectivity index (χ3n) is 6.10. The van der Waals surface area contributed by atoms with Gasteiger partial charge in [0.05, 0.1) is 23.0 Å². The molecular weight excluding hydrogens is 412 g/mol. The number of nitrogens with one attached hydrogen (secondary N) is 3. The number of nitrogens with zero attached hydrogens (tertiary/aromatic N) is 2. The fraction of sp³-hybridized carbons (Fsp3) is 0.208. The summed E-state index contributed by atoms with van der Waals surface area (Å²) >= 11 is 0. The lowest BCUT2D eigenvalue weighted by molar-refractivity contribution is 0.0963. The zero-order valence-electron chi connectivity index (χ0n) is 17.6. The lowest BCUT2D eigenvalue weighted by Gasteiger charge is -2.14. The predicted octanol–water partition coefficient (Wildman–Crippen LogP) is 4.14. The molecule has 2 aromatic carbocycles. The standard InChI is InChI=1S/C24H21F2N5O/c1-27-17-8-7-12-9-16(25)21(22(26)20(12)17)18-10-15-19(11-29-18)30-31-23(15)13-5-3-4-6-14(13)24(32)28-2/h3-6,9-11,17,27H,7-8H2,1-2H3,(H,28,32)(H,30,31). The molecule has 0 fully saturated rings. The second-order valence-electron chi connectivity index (χ2n) is 7.81. The smallest absolute Gasteiger partial charge is 0.251 e. The van der Waals surface area contributed by atoms with Crippen LogP contribution in [0.2, 0.25) is 0 Å². The molecule has 2 aromatic heterocycles. The number of halogens is 2. The summed E-state index contributed by atoms with van der Waals surface area (Å²) in [6.45, 7) is 0. The van der Waals surface area contributed by atoms with E-state index in [2.05, 4.69) is 25.8 Å². The number of carbonyl (C=O) groups is 1. The molecule has 1 unspecified atom stereocenters. The van der Waals surface area contributed by atoms with E-state index in [1.54, 1.807) is 38.4 Å². The van der Waals surface area contributed by atoms with Crippen LogP contribution in [0.1, 0.15) is 33.9 Å². The fourth-order valence-electron chi connectivity index (χ4n) is 4.52. The number of H-pyrrole nitrogens is 1. The van der Waals surface area contributed by atoms with Gasteiger partial charge in [-0.05, 0) is 43.7 Å². The number of carbonyl (C=O) groups excluding carboxylic acids is 1. The van der Waals surface area contributed by atoms with E-state index < -0.39 is 11.6 Å². The minimum atomic E-state index is -0.638. The van der Waals surface area contributed by atoms with Crippen molar-refractivity contribution in [1.82, 2.24) is 25.8 Å². The molecule has 162 valence electrons. The summed E-state index contributed by atoms with van der Waals surface area (Å²) < 4.78 is 30.5. The van der Waals surface area contributed by atoms with Crippen LogP contribution < -0.4 is 10.6 Å². The van der Waals surface area contributed by atoms with E-state index in [1.165, 1.54) is 12.3 Å². The Labute approximate surface area is 183 Å². The monoisotopic (exact) mass is 433 g/mol. The van der Waals surface area contributed by atoms with Crippen LogP contribution in [0.15, 0.2) is 42.6 Å². The van der Waals surface area contributed by atoms with E-state index in [-0.39, 0.29) is 23.2 Å². The summed E-state index contributed by atoms with van der Waals surface area (Å²) in [5.41, 5.74) is 3.39. The molecule has 6 nitrogen and oxygen atoms in total. The molecule has 0 spiro atoms. The quantitative estimate of drug-likeness (QED) is 0.452. The summed E-state index contributed by atoms with van der Waals surface area (Å²) in [6, 6.07) is 9.94. The van der Waals surface area contributed by atoms with Crippen molar-refractivity contribution < 1.29 is 13.6 Å². The first kappa shape index (κ1) is 20.3. The van der Waals surface area contributed by atoms with Gasteiger partial charge in [-0.25, -0.2) is 8.78 Å². The Morgan fingerprint density at radius 1 is 1.19 bits per heavy atom. The van der Waals surface area contributed by atoms with E-state index in [0.717, 1.165) is 6.42 Å². The second kappa shape index (κ2) is 7.80. The third kappa shape index (κ3) is 3.06. The van der Waals surface area contributed by atoms with Gasteiger partial charge in [0, 0.05) is 35.2 Å². The molecule has 0 aliphatic heterocycles. The molecule has 0 saturated heterocycles. The third-order valence-corrected chi connectivity index (χ3v) is 6.10. The summed E-state index contributed by atoms with van der Waals surface area (Å²) in [5, 5.41) is 13.6. The van der Waals surface area contributed by atoms with Gasteiger partial charge in [0.25, 0.3) is 5.91 Å². The average Bonchev–Trinajstić information content (AvgIpc) is 3.42. The number of amides is 1. The van der Waals surface area contributed by atoms with E-state index in [9.17, 15) is 4.79 Å². The highest BCUT2D eigenvalue weighted by atomic mass is 19.1. The Balaban J connectivity index is 1.70. The van der Waals surface area contributed by atoms with Crippen LogP contribution in [0.3, 0.4) is 0 Å². The van der Waals surface area contributed by atoms with E-state index in [1.807, 2.05) is 6.07 Å². The van der Waals surface area contributed by atoms with Gasteiger partial charge in [-0.1, -0.05) is 18.2 Å². The van der Waals surface area contributed by atoms with Crippen molar-refractivity contribution in [3.63, 3.8) is 0 Å². The Morgan fingerprint density at radius 3 is 2.78 bits per heavy atom. The van der Waals surface area contributed by atoms with Gasteiger partial charge in [-0.3, -0.25) is 14.9 Å². The van der Waals surface area contributed by atoms with Crippen LogP contribution in [-0.4, -0.2) is 35.2 Å². The maximum atomic E-state index is 15.5. The first-order valence-electron chi connectivity index (χ1n) is 10.4. The minimum absolute atomic E-state index is 0.153. The van der Waals surface area contributed by atoms with Gasteiger partial charge in [-0.2, -0.15) is 5.10 Å². The number of aromatic amines is 1. The zero-order valence-corrected chi connectivity index (χ0v) is 17.6. The van der Waals surface area contributed by atoms with Gasteiger partial charge in [-0.15, -0.1) is 0 Å². The summed E-state index contributed by atoms with van der Waals surface area (Å²) in [6.07, 6.45) is 2.86. The Morgan fingerprint density at radius 2 is 2.00 bits per heavy atom. The maximum absolute atomic E-state index is 15.5. The Hall–Kier alpha value is -3.65. The highest BCUT2D eigenvalue weighted by Crippen LogP contribution is 2.39. The molecule has 1 amide bonds. The number of aryl methyl sites for hydroxylation is 1. The second-order valence-corrected chi connectivity index (χ2v) is 7.81. The molecule has 3 N–H and O–H groups in total. The van der Waals surface area contributed by atoms with Crippen LogP contribution in [-0.2, 0) is 6.42 Å². The molecule has 0 saturated carbocycles. The fourth-order valence-corrected chi connectivity index (χ4v) is 4.52. The first-order chi connectivity index (χ1) is 15.5. The van der Waals surface area contributed by atoms with Crippen molar-refractivity contribution in [2.24, 2.45) is 0 Å². The van der Waals surface area contributed by atoms with Gasteiger partial charge in [0.1, 0.15) is 17.3 Å². The van der Waals surface area contributed by atoms with Crippen molar-refractivity contribution >= 4 is 16.8 Å². The molecule has 1 aliphatic carbocycles. The van der Waals surface area contributed by atoms with E-state index in [4.69, 9.17) is 0 Å². The van der Waals surface area contributed by atoms with Crippen molar-refractivity contribution in [1.29, 1.82) is 0 Å². The van der Waals surface area contributed by atoms with Crippen LogP contribution in [0, 0.1) is 11.6 Å². The summed E-state index contributed by atoms with van der Waals surface area (Å²) in [7, 11) is 3.33. The molecule has 0 radical (unpaired) electrons. The molecular formula is C24H21F2N5O. The number of hydrogen-bond acceptors (Lipinski definition) is 4. The van der Waals surface area contributed by atoms with Gasteiger partial charge < -0.3 is 10.6 Å². The Kier molecular flexibility index (Phi) is 4.94. The van der Waals surface area contributed by atoms with Crippen LogP contribution in [0.4, 0.5) is 8.78 Å². The average molecular weight is 433 g/mol. The molecule has 5 rings (SSSR count). The summed E-state index contributed by atoms with van der Waals surface area (Å²) in [5.74, 6) is -1.47. The molecule has 1 aliphatic rings. The van der Waals surface area contributed by atoms with Crippen molar-refractivity contribution in [2.45, 2.75) is 18.9 Å². The highest BCUT2D eigenvalue weighted by molar-refractivity contribution is 6.04. The summed E-state index contributed by atoms with van der Waals surface area (Å²) in [4.78, 5) is 16.6. The van der Waals surface area contributed by atoms with Crippen LogP contribution in [0.25, 0.3) is 33.4 Å². The number of rotatable bonds is 4. The van der Waals surface area contributed by atoms with Gasteiger partial charge in [0.2, 0.25) is 0 Å². The largest absolute Gasteiger partial charge is 0.355 e. The number of pyridine rings is 1. The predicted molar refractivity (Wildman–Crippen MR) is 118 cm³/mol. The number of fused-ring (bicyclic) bond motifs is 2. The van der Waals surface area contributed by atoms with Gasteiger partial charge >= 0.3 is 0 Å². The zero-order chi connectivity index (χ0) is 22.4. The van der Waals surface area contributed by atoms with Crippen molar-refractivity contribution in [3.8, 4) is 22.5 Å². The lowest BCUT2D eigenvalue weighted by atomic mass is 9.98. The normalized spacial score (nSPS) is 15.2. The van der Waals surface area contributed by atoms with Crippen LogP contribution >= 0.6 is 0 Å². The van der Waals surface area contributed by atoms with Crippen molar-refractivity contribution in [3.05, 3.63) is 70.9 Å². The SMILES string of the molecule is CNC(=O)c1ccccc1-c1n[nH]c2cnc(-c3c(F)cc4c(c3F)C(NC)CC4)cc12. The maximum Gasteiger partial charge on any atom is 0.251 e.